The second-order valence-corrected chi connectivity index (χ2v) is 6.30. The van der Waals surface area contributed by atoms with Gasteiger partial charge in [-0.05, 0) is 36.6 Å². The molecule has 3 rings (SSSR count). The smallest absolute Gasteiger partial charge is 0.331 e. The third kappa shape index (κ3) is 3.72. The second kappa shape index (κ2) is 7.61. The number of pyridine rings is 1. The topological polar surface area (TPSA) is 91.6 Å². The molecule has 1 aliphatic rings. The molecular weight excluding hydrogens is 336 g/mol. The van der Waals surface area contributed by atoms with Crippen molar-refractivity contribution in [2.24, 2.45) is 0 Å². The molecule has 0 N–H and O–H groups in total. The fourth-order valence-electron chi connectivity index (χ4n) is 3.29. The Morgan fingerprint density at radius 1 is 1.15 bits per heavy atom. The molecule has 0 bridgehead atoms. The molecule has 0 spiro atoms. The number of ether oxygens (including phenoxy) is 2. The minimum atomic E-state index is -0.553. The van der Waals surface area contributed by atoms with Gasteiger partial charge in [0.1, 0.15) is 12.2 Å². The molecular formula is C19H20N2O5. The number of aromatic nitrogens is 1. The van der Waals surface area contributed by atoms with E-state index in [1.54, 1.807) is 18.3 Å². The number of carbonyl (C=O) groups excluding carboxylic acids is 1. The van der Waals surface area contributed by atoms with Crippen molar-refractivity contribution in [3.63, 3.8) is 0 Å². The van der Waals surface area contributed by atoms with Crippen molar-refractivity contribution in [2.75, 3.05) is 13.7 Å². The lowest BCUT2D eigenvalue weighted by Gasteiger charge is -2.28. The molecule has 7 heteroatoms. The van der Waals surface area contributed by atoms with Gasteiger partial charge in [0, 0.05) is 23.9 Å². The van der Waals surface area contributed by atoms with Gasteiger partial charge in [-0.3, -0.25) is 15.1 Å². The number of nitro benzene ring substituents is 1. The van der Waals surface area contributed by atoms with Crippen LogP contribution in [0.15, 0.2) is 42.6 Å². The highest BCUT2D eigenvalue weighted by Crippen LogP contribution is 2.41. The number of carbonyl (C=O) groups is 1. The fraction of sp³-hybridized carbons (Fsp3) is 0.368. The quantitative estimate of drug-likeness (QED) is 0.446. The summed E-state index contributed by atoms with van der Waals surface area (Å²) < 4.78 is 10.6. The average molecular weight is 356 g/mol. The van der Waals surface area contributed by atoms with Gasteiger partial charge in [0.25, 0.3) is 5.69 Å². The third-order valence-electron chi connectivity index (χ3n) is 4.75. The van der Waals surface area contributed by atoms with Crippen LogP contribution < -0.4 is 0 Å². The van der Waals surface area contributed by atoms with Gasteiger partial charge in [0.05, 0.1) is 17.7 Å². The van der Waals surface area contributed by atoms with E-state index in [9.17, 15) is 14.9 Å². The first kappa shape index (κ1) is 18.0. The summed E-state index contributed by atoms with van der Waals surface area (Å²) in [6.45, 7) is -0.0950. The SMILES string of the molecule is COC(=O)COC1(c2ccc(-c3ccc([N+](=O)[O-])cc3)cn2)CCCC1. The van der Waals surface area contributed by atoms with E-state index in [1.165, 1.54) is 19.2 Å². The van der Waals surface area contributed by atoms with Gasteiger partial charge in [-0.15, -0.1) is 0 Å². The summed E-state index contributed by atoms with van der Waals surface area (Å²) in [6, 6.07) is 10.2. The Kier molecular flexibility index (Phi) is 5.27. The highest BCUT2D eigenvalue weighted by atomic mass is 16.6. The number of benzene rings is 1. The Morgan fingerprint density at radius 3 is 2.35 bits per heavy atom. The molecule has 0 radical (unpaired) electrons. The van der Waals surface area contributed by atoms with Gasteiger partial charge in [0.15, 0.2) is 0 Å². The monoisotopic (exact) mass is 356 g/mol. The molecule has 0 aliphatic heterocycles. The maximum atomic E-state index is 11.4. The highest BCUT2D eigenvalue weighted by Gasteiger charge is 2.38. The predicted octanol–water partition coefficient (Wildman–Crippen LogP) is 3.62. The van der Waals surface area contributed by atoms with Crippen LogP contribution in [0.25, 0.3) is 11.1 Å². The molecule has 0 unspecified atom stereocenters. The minimum Gasteiger partial charge on any atom is -0.467 e. The second-order valence-electron chi connectivity index (χ2n) is 6.30. The highest BCUT2D eigenvalue weighted by molar-refractivity contribution is 5.70. The third-order valence-corrected chi connectivity index (χ3v) is 4.75. The zero-order valence-corrected chi connectivity index (χ0v) is 14.5. The van der Waals surface area contributed by atoms with E-state index in [0.717, 1.165) is 42.5 Å². The molecule has 1 aliphatic carbocycles. The summed E-state index contributed by atoms with van der Waals surface area (Å²) in [5, 5.41) is 10.8. The lowest BCUT2D eigenvalue weighted by atomic mass is 9.95. The summed E-state index contributed by atoms with van der Waals surface area (Å²) in [4.78, 5) is 26.3. The molecule has 136 valence electrons. The van der Waals surface area contributed by atoms with E-state index in [1.807, 2.05) is 12.1 Å². The van der Waals surface area contributed by atoms with Gasteiger partial charge in [0.2, 0.25) is 0 Å². The van der Waals surface area contributed by atoms with E-state index in [4.69, 9.17) is 4.74 Å². The summed E-state index contributed by atoms with van der Waals surface area (Å²) in [7, 11) is 1.34. The van der Waals surface area contributed by atoms with Crippen molar-refractivity contribution in [1.82, 2.24) is 4.98 Å². The maximum absolute atomic E-state index is 11.4. The van der Waals surface area contributed by atoms with Gasteiger partial charge < -0.3 is 9.47 Å². The molecule has 0 atom stereocenters. The Balaban J connectivity index is 1.80. The van der Waals surface area contributed by atoms with Crippen molar-refractivity contribution < 1.29 is 19.2 Å². The van der Waals surface area contributed by atoms with Crippen LogP contribution in [0.3, 0.4) is 0 Å². The lowest BCUT2D eigenvalue weighted by molar-refractivity contribution is -0.384. The van der Waals surface area contributed by atoms with Crippen LogP contribution in [0.4, 0.5) is 5.69 Å². The number of methoxy groups -OCH3 is 1. The number of rotatable bonds is 6. The molecule has 1 heterocycles. The Hall–Kier alpha value is -2.80. The largest absolute Gasteiger partial charge is 0.467 e. The lowest BCUT2D eigenvalue weighted by Crippen LogP contribution is -2.30. The predicted molar refractivity (Wildman–Crippen MR) is 94.4 cm³/mol. The van der Waals surface area contributed by atoms with E-state index in [0.29, 0.717) is 0 Å². The Morgan fingerprint density at radius 2 is 1.81 bits per heavy atom. The zero-order valence-electron chi connectivity index (χ0n) is 14.5. The number of esters is 1. The Labute approximate surface area is 151 Å². The molecule has 0 saturated heterocycles. The summed E-state index contributed by atoms with van der Waals surface area (Å²) in [5.74, 6) is -0.404. The standard InChI is InChI=1S/C19H20N2O5/c1-25-18(22)13-26-19(10-2-3-11-19)17-9-6-15(12-20-17)14-4-7-16(8-5-14)21(23)24/h4-9,12H,2-3,10-11,13H2,1H3. The first-order valence-electron chi connectivity index (χ1n) is 8.46. The van der Waals surface area contributed by atoms with Gasteiger partial charge >= 0.3 is 5.97 Å². The molecule has 7 nitrogen and oxygen atoms in total. The van der Waals surface area contributed by atoms with E-state index >= 15 is 0 Å². The van der Waals surface area contributed by atoms with Crippen LogP contribution in [0.1, 0.15) is 31.4 Å². The van der Waals surface area contributed by atoms with Gasteiger partial charge in [-0.1, -0.05) is 18.9 Å². The van der Waals surface area contributed by atoms with Crippen LogP contribution in [0.2, 0.25) is 0 Å². The average Bonchev–Trinajstić information content (AvgIpc) is 3.16. The first-order chi connectivity index (χ1) is 12.5. The molecule has 0 amide bonds. The van der Waals surface area contributed by atoms with Crippen LogP contribution >= 0.6 is 0 Å². The summed E-state index contributed by atoms with van der Waals surface area (Å²) in [6.07, 6.45) is 5.40. The van der Waals surface area contributed by atoms with Gasteiger partial charge in [-0.25, -0.2) is 4.79 Å². The summed E-state index contributed by atoms with van der Waals surface area (Å²) in [5.41, 5.74) is 2.02. The number of nitro groups is 1. The van der Waals surface area contributed by atoms with E-state index in [2.05, 4.69) is 9.72 Å². The number of non-ortho nitro benzene ring substituents is 1. The molecule has 26 heavy (non-hydrogen) atoms. The first-order valence-corrected chi connectivity index (χ1v) is 8.46. The normalized spacial score (nSPS) is 15.6. The molecule has 1 aromatic carbocycles. The van der Waals surface area contributed by atoms with Crippen LogP contribution in [-0.2, 0) is 19.9 Å². The van der Waals surface area contributed by atoms with Crippen molar-refractivity contribution in [1.29, 1.82) is 0 Å². The molecule has 1 fully saturated rings. The van der Waals surface area contributed by atoms with Crippen molar-refractivity contribution in [3.05, 3.63) is 58.4 Å². The van der Waals surface area contributed by atoms with Gasteiger partial charge in [-0.2, -0.15) is 0 Å². The van der Waals surface area contributed by atoms with Crippen molar-refractivity contribution in [3.8, 4) is 11.1 Å². The van der Waals surface area contributed by atoms with E-state index in [-0.39, 0.29) is 12.3 Å². The van der Waals surface area contributed by atoms with Crippen molar-refractivity contribution in [2.45, 2.75) is 31.3 Å². The number of nitrogens with zero attached hydrogens (tertiary/aromatic N) is 2. The molecule has 1 aromatic heterocycles. The van der Waals surface area contributed by atoms with Crippen LogP contribution in [-0.4, -0.2) is 29.6 Å². The summed E-state index contributed by atoms with van der Waals surface area (Å²) >= 11 is 0. The molecule has 2 aromatic rings. The zero-order chi connectivity index (χ0) is 18.6. The van der Waals surface area contributed by atoms with Crippen LogP contribution in [0.5, 0.6) is 0 Å². The fourth-order valence-corrected chi connectivity index (χ4v) is 3.29. The molecule has 1 saturated carbocycles. The number of hydrogen-bond donors (Lipinski definition) is 0. The van der Waals surface area contributed by atoms with Crippen LogP contribution in [0, 0.1) is 10.1 Å². The number of hydrogen-bond acceptors (Lipinski definition) is 6. The minimum absolute atomic E-state index is 0.0550. The Bertz CT molecular complexity index is 781. The van der Waals surface area contributed by atoms with Crippen molar-refractivity contribution >= 4 is 11.7 Å². The maximum Gasteiger partial charge on any atom is 0.331 e. The van der Waals surface area contributed by atoms with E-state index < -0.39 is 16.5 Å².